The zero-order chi connectivity index (χ0) is 23.8. The van der Waals surface area contributed by atoms with Crippen molar-refractivity contribution in [1.82, 2.24) is 23.8 Å². The molecular formula is C28H23N5O2. The quantitative estimate of drug-likeness (QED) is 0.376. The van der Waals surface area contributed by atoms with E-state index in [2.05, 4.69) is 21.8 Å². The van der Waals surface area contributed by atoms with Gasteiger partial charge in [-0.15, -0.1) is 0 Å². The van der Waals surface area contributed by atoms with Gasteiger partial charge in [0.15, 0.2) is 0 Å². The summed E-state index contributed by atoms with van der Waals surface area (Å²) in [6.07, 6.45) is 5.61. The number of aromatic nitrogens is 4. The van der Waals surface area contributed by atoms with E-state index in [0.717, 1.165) is 39.2 Å². The van der Waals surface area contributed by atoms with Crippen molar-refractivity contribution in [3.05, 3.63) is 90.1 Å². The Balaban J connectivity index is 1.29. The number of imidazole rings is 1. The maximum absolute atomic E-state index is 12.7. The van der Waals surface area contributed by atoms with E-state index in [9.17, 15) is 4.79 Å². The third kappa shape index (κ3) is 3.94. The van der Waals surface area contributed by atoms with Crippen LogP contribution in [0, 0.1) is 11.8 Å². The number of carbonyl (C=O) groups excluding carboxylic acids is 1. The molecule has 0 aliphatic carbocycles. The second-order valence-electron chi connectivity index (χ2n) is 8.53. The van der Waals surface area contributed by atoms with Crippen molar-refractivity contribution in [3.63, 3.8) is 0 Å². The summed E-state index contributed by atoms with van der Waals surface area (Å²) in [6.45, 7) is 2.46. The first-order valence-electron chi connectivity index (χ1n) is 11.5. The minimum absolute atomic E-state index is 0.0472. The maximum atomic E-state index is 12.7. The van der Waals surface area contributed by atoms with Crippen LogP contribution in [0.15, 0.2) is 73.2 Å². The topological polar surface area (TPSA) is 64.7 Å². The fourth-order valence-electron chi connectivity index (χ4n) is 4.41. The van der Waals surface area contributed by atoms with Crippen LogP contribution in [-0.2, 0) is 11.8 Å². The molecule has 5 heterocycles. The third-order valence-corrected chi connectivity index (χ3v) is 6.38. The highest BCUT2D eigenvalue weighted by molar-refractivity contribution is 5.94. The Morgan fingerprint density at radius 2 is 1.71 bits per heavy atom. The normalized spacial score (nSPS) is 13.7. The highest BCUT2D eigenvalue weighted by atomic mass is 16.5. The number of hydrogen-bond acceptors (Lipinski definition) is 4. The molecule has 1 aliphatic heterocycles. The zero-order valence-corrected chi connectivity index (χ0v) is 19.3. The van der Waals surface area contributed by atoms with Crippen molar-refractivity contribution in [3.8, 4) is 23.0 Å². The van der Waals surface area contributed by atoms with Gasteiger partial charge in [0.25, 0.3) is 5.91 Å². The molecule has 0 atom stereocenters. The summed E-state index contributed by atoms with van der Waals surface area (Å²) in [5.41, 5.74) is 6.18. The number of carbonyl (C=O) groups is 1. The lowest BCUT2D eigenvalue weighted by molar-refractivity contribution is 0.0303. The summed E-state index contributed by atoms with van der Waals surface area (Å²) in [6, 6.07) is 17.8. The Morgan fingerprint density at radius 1 is 0.943 bits per heavy atom. The van der Waals surface area contributed by atoms with Crippen LogP contribution >= 0.6 is 0 Å². The summed E-state index contributed by atoms with van der Waals surface area (Å²) >= 11 is 0. The molecule has 7 heteroatoms. The second kappa shape index (κ2) is 8.75. The van der Waals surface area contributed by atoms with Crippen LogP contribution in [0.25, 0.3) is 27.8 Å². The van der Waals surface area contributed by atoms with Gasteiger partial charge in [-0.1, -0.05) is 12.1 Å². The summed E-state index contributed by atoms with van der Waals surface area (Å²) < 4.78 is 9.34. The summed E-state index contributed by atoms with van der Waals surface area (Å²) in [5.74, 6) is 6.58. The number of pyridine rings is 2. The first-order chi connectivity index (χ1) is 17.2. The van der Waals surface area contributed by atoms with Crippen LogP contribution in [0.5, 0.6) is 0 Å². The number of hydrogen-bond donors (Lipinski definition) is 0. The number of amides is 1. The van der Waals surface area contributed by atoms with Crippen molar-refractivity contribution < 1.29 is 9.53 Å². The molecule has 1 amide bonds. The Kier molecular flexibility index (Phi) is 5.28. The maximum Gasteiger partial charge on any atom is 0.254 e. The summed E-state index contributed by atoms with van der Waals surface area (Å²) in [7, 11) is 1.97. The number of morpholine rings is 1. The fraction of sp³-hybridized carbons (Fsp3) is 0.179. The minimum Gasteiger partial charge on any atom is -0.378 e. The Hall–Kier alpha value is -4.41. The molecule has 0 N–H and O–H groups in total. The van der Waals surface area contributed by atoms with Gasteiger partial charge in [0, 0.05) is 43.5 Å². The third-order valence-electron chi connectivity index (χ3n) is 6.38. The van der Waals surface area contributed by atoms with Gasteiger partial charge in [0.2, 0.25) is 0 Å². The van der Waals surface area contributed by atoms with E-state index in [1.807, 2.05) is 81.7 Å². The van der Waals surface area contributed by atoms with Gasteiger partial charge in [-0.2, -0.15) is 0 Å². The number of nitrogens with zero attached hydrogens (tertiary/aromatic N) is 5. The number of ether oxygens (including phenoxy) is 1. The average Bonchev–Trinajstić information content (AvgIpc) is 3.47. The molecule has 1 aromatic carbocycles. The van der Waals surface area contributed by atoms with Crippen LogP contribution in [0.1, 0.15) is 21.7 Å². The molecule has 0 bridgehead atoms. The van der Waals surface area contributed by atoms with Crippen LogP contribution < -0.4 is 0 Å². The van der Waals surface area contributed by atoms with E-state index >= 15 is 0 Å². The van der Waals surface area contributed by atoms with Crippen LogP contribution in [0.2, 0.25) is 0 Å². The van der Waals surface area contributed by atoms with E-state index in [-0.39, 0.29) is 5.91 Å². The lowest BCUT2D eigenvalue weighted by Gasteiger charge is -2.26. The molecule has 0 radical (unpaired) electrons. The summed E-state index contributed by atoms with van der Waals surface area (Å²) in [5, 5.41) is 1.07. The van der Waals surface area contributed by atoms with Crippen molar-refractivity contribution in [2.45, 2.75) is 0 Å². The standard InChI is InChI=1S/C28H23N5O2/c1-31-24(17-22-3-2-12-29-27(22)31)9-10-25-18-30-26-11-8-23(19-33(25)26)20-4-6-21(7-5-20)28(34)32-13-15-35-16-14-32/h2-8,11-12,17-19H,13-16H2,1H3. The molecule has 1 fully saturated rings. The highest BCUT2D eigenvalue weighted by Crippen LogP contribution is 2.22. The molecule has 0 unspecified atom stereocenters. The predicted molar refractivity (Wildman–Crippen MR) is 134 cm³/mol. The smallest absolute Gasteiger partial charge is 0.254 e. The van der Waals surface area contributed by atoms with Crippen LogP contribution in [-0.4, -0.2) is 56.0 Å². The fourth-order valence-corrected chi connectivity index (χ4v) is 4.41. The molecule has 1 aliphatic rings. The molecule has 0 spiro atoms. The van der Waals surface area contributed by atoms with Crippen molar-refractivity contribution >= 4 is 22.6 Å². The number of rotatable bonds is 2. The van der Waals surface area contributed by atoms with E-state index in [4.69, 9.17) is 4.74 Å². The zero-order valence-electron chi connectivity index (χ0n) is 19.3. The predicted octanol–water partition coefficient (Wildman–Crippen LogP) is 3.76. The Bertz CT molecular complexity index is 1610. The lowest BCUT2D eigenvalue weighted by atomic mass is 10.0. The average molecular weight is 462 g/mol. The molecule has 35 heavy (non-hydrogen) atoms. The van der Waals surface area contributed by atoms with Gasteiger partial charge in [-0.25, -0.2) is 9.97 Å². The molecular weight excluding hydrogens is 438 g/mol. The van der Waals surface area contributed by atoms with Crippen molar-refractivity contribution in [2.24, 2.45) is 7.05 Å². The van der Waals surface area contributed by atoms with E-state index in [0.29, 0.717) is 31.9 Å². The second-order valence-corrected chi connectivity index (χ2v) is 8.53. The molecule has 7 nitrogen and oxygen atoms in total. The minimum atomic E-state index is 0.0472. The number of benzene rings is 1. The summed E-state index contributed by atoms with van der Waals surface area (Å²) in [4.78, 5) is 23.5. The van der Waals surface area contributed by atoms with Gasteiger partial charge in [-0.3, -0.25) is 9.20 Å². The van der Waals surface area contributed by atoms with Crippen LogP contribution in [0.4, 0.5) is 0 Å². The van der Waals surface area contributed by atoms with Gasteiger partial charge in [-0.05, 0) is 65.4 Å². The molecule has 6 rings (SSSR count). The van der Waals surface area contributed by atoms with E-state index in [1.165, 1.54) is 0 Å². The molecule has 0 saturated carbocycles. The van der Waals surface area contributed by atoms with Crippen LogP contribution in [0.3, 0.4) is 0 Å². The van der Waals surface area contributed by atoms with Crippen molar-refractivity contribution in [2.75, 3.05) is 26.3 Å². The first-order valence-corrected chi connectivity index (χ1v) is 11.5. The largest absolute Gasteiger partial charge is 0.378 e. The monoisotopic (exact) mass is 461 g/mol. The Labute approximate surface area is 202 Å². The van der Waals surface area contributed by atoms with E-state index < -0.39 is 0 Å². The number of fused-ring (bicyclic) bond motifs is 2. The Morgan fingerprint density at radius 3 is 2.51 bits per heavy atom. The van der Waals surface area contributed by atoms with E-state index in [1.54, 1.807) is 12.4 Å². The molecule has 172 valence electrons. The molecule has 5 aromatic rings. The van der Waals surface area contributed by atoms with Crippen molar-refractivity contribution in [1.29, 1.82) is 0 Å². The van der Waals surface area contributed by atoms with Gasteiger partial charge in [0.05, 0.1) is 25.1 Å². The lowest BCUT2D eigenvalue weighted by Crippen LogP contribution is -2.40. The molecule has 1 saturated heterocycles. The SMILES string of the molecule is Cn1c(C#Cc2cnc3ccc(-c4ccc(C(=O)N5CCOCC5)cc4)cn23)cc2cccnc21. The number of aryl methyl sites for hydroxylation is 1. The van der Waals surface area contributed by atoms with Gasteiger partial charge in [0.1, 0.15) is 17.0 Å². The highest BCUT2D eigenvalue weighted by Gasteiger charge is 2.18. The van der Waals surface area contributed by atoms with Gasteiger partial charge >= 0.3 is 0 Å². The van der Waals surface area contributed by atoms with Gasteiger partial charge < -0.3 is 14.2 Å². The first kappa shape index (κ1) is 21.1. The molecule has 4 aromatic heterocycles.